The largest absolute Gasteiger partial charge is 0.488 e. The first kappa shape index (κ1) is 12.5. The summed E-state index contributed by atoms with van der Waals surface area (Å²) in [6, 6.07) is 4.16. The molecule has 0 aromatic heterocycles. The van der Waals surface area contributed by atoms with Gasteiger partial charge in [-0.1, -0.05) is 0 Å². The van der Waals surface area contributed by atoms with E-state index in [0.717, 1.165) is 5.06 Å². The van der Waals surface area contributed by atoms with Gasteiger partial charge in [0.15, 0.2) is 0 Å². The van der Waals surface area contributed by atoms with Crippen molar-refractivity contribution in [3.05, 3.63) is 23.8 Å². The normalized spacial score (nSPS) is 10.0. The van der Waals surface area contributed by atoms with E-state index in [1.165, 1.54) is 32.4 Å². The zero-order valence-electron chi connectivity index (χ0n) is 9.04. The summed E-state index contributed by atoms with van der Waals surface area (Å²) in [5.41, 5.74) is 6.21. The number of nitrogen functional groups attached to an aromatic ring is 1. The molecule has 1 aromatic rings. The van der Waals surface area contributed by atoms with Crippen molar-refractivity contribution in [2.75, 3.05) is 19.9 Å². The third-order valence-corrected chi connectivity index (χ3v) is 2.08. The lowest BCUT2D eigenvalue weighted by molar-refractivity contribution is -0.0756. The minimum atomic E-state index is -1.66. The smallest absolute Gasteiger partial charge is 0.423 e. The van der Waals surface area contributed by atoms with E-state index in [-0.39, 0.29) is 16.7 Å². The highest BCUT2D eigenvalue weighted by Gasteiger charge is 2.17. The summed E-state index contributed by atoms with van der Waals surface area (Å²) >= 11 is 0. The predicted octanol–water partition coefficient (Wildman–Crippen LogP) is -1.42. The number of benzene rings is 1. The van der Waals surface area contributed by atoms with Crippen LogP contribution in [0, 0.1) is 0 Å². The number of rotatable bonds is 3. The van der Waals surface area contributed by atoms with Crippen LogP contribution in [-0.4, -0.2) is 42.3 Å². The van der Waals surface area contributed by atoms with E-state index < -0.39 is 13.0 Å². The summed E-state index contributed by atoms with van der Waals surface area (Å²) in [5.74, 6) is -0.420. The SMILES string of the molecule is CON(C)C(=O)c1cc(N)cc(B(O)O)c1. The molecule has 0 aliphatic rings. The molecule has 0 unspecified atom stereocenters. The van der Waals surface area contributed by atoms with E-state index in [1.807, 2.05) is 0 Å². The van der Waals surface area contributed by atoms with Crippen molar-refractivity contribution in [3.63, 3.8) is 0 Å². The van der Waals surface area contributed by atoms with E-state index in [0.29, 0.717) is 0 Å². The van der Waals surface area contributed by atoms with Crippen LogP contribution in [0.25, 0.3) is 0 Å². The Morgan fingerprint density at radius 1 is 1.44 bits per heavy atom. The highest BCUT2D eigenvalue weighted by Crippen LogP contribution is 2.08. The highest BCUT2D eigenvalue weighted by molar-refractivity contribution is 6.58. The number of hydroxylamine groups is 2. The van der Waals surface area contributed by atoms with Gasteiger partial charge in [-0.05, 0) is 23.7 Å². The van der Waals surface area contributed by atoms with Crippen LogP contribution in [0.5, 0.6) is 0 Å². The summed E-state index contributed by atoms with van der Waals surface area (Å²) < 4.78 is 0. The van der Waals surface area contributed by atoms with Gasteiger partial charge in [-0.15, -0.1) is 0 Å². The Morgan fingerprint density at radius 2 is 2.06 bits per heavy atom. The number of anilines is 1. The molecule has 0 fully saturated rings. The van der Waals surface area contributed by atoms with Crippen molar-refractivity contribution >= 4 is 24.2 Å². The number of carbonyl (C=O) groups is 1. The van der Waals surface area contributed by atoms with Crippen molar-refractivity contribution in [1.82, 2.24) is 5.06 Å². The lowest BCUT2D eigenvalue weighted by Crippen LogP contribution is -2.32. The molecule has 1 aromatic carbocycles. The summed E-state index contributed by atoms with van der Waals surface area (Å²) in [6.07, 6.45) is 0. The van der Waals surface area contributed by atoms with Crippen LogP contribution in [0.15, 0.2) is 18.2 Å². The zero-order valence-corrected chi connectivity index (χ0v) is 9.04. The third-order valence-electron chi connectivity index (χ3n) is 2.08. The number of hydrogen-bond acceptors (Lipinski definition) is 5. The second-order valence-electron chi connectivity index (χ2n) is 3.25. The minimum Gasteiger partial charge on any atom is -0.423 e. The number of carbonyl (C=O) groups excluding carboxylic acids is 1. The van der Waals surface area contributed by atoms with Crippen LogP contribution in [0.2, 0.25) is 0 Å². The lowest BCUT2D eigenvalue weighted by atomic mass is 9.79. The molecule has 7 heteroatoms. The number of nitrogens with zero attached hydrogens (tertiary/aromatic N) is 1. The average molecular weight is 224 g/mol. The Morgan fingerprint density at radius 3 is 2.56 bits per heavy atom. The zero-order chi connectivity index (χ0) is 12.3. The molecule has 0 saturated heterocycles. The summed E-state index contributed by atoms with van der Waals surface area (Å²) in [6.45, 7) is 0. The number of amides is 1. The van der Waals surface area contributed by atoms with Gasteiger partial charge in [0.05, 0.1) is 7.11 Å². The molecule has 6 nitrogen and oxygen atoms in total. The maximum atomic E-state index is 11.7. The van der Waals surface area contributed by atoms with Gasteiger partial charge < -0.3 is 15.8 Å². The second-order valence-corrected chi connectivity index (χ2v) is 3.25. The molecule has 0 spiro atoms. The summed E-state index contributed by atoms with van der Waals surface area (Å²) in [7, 11) is 1.13. The molecular formula is C9H13BN2O4. The highest BCUT2D eigenvalue weighted by atomic mass is 16.7. The number of hydrogen-bond donors (Lipinski definition) is 3. The van der Waals surface area contributed by atoms with Gasteiger partial charge in [0.1, 0.15) is 0 Å². The Balaban J connectivity index is 3.09. The fraction of sp³-hybridized carbons (Fsp3) is 0.222. The molecule has 16 heavy (non-hydrogen) atoms. The topological polar surface area (TPSA) is 96.0 Å². The van der Waals surface area contributed by atoms with E-state index in [2.05, 4.69) is 0 Å². The van der Waals surface area contributed by atoms with Crippen molar-refractivity contribution in [2.24, 2.45) is 0 Å². The molecule has 0 radical (unpaired) electrons. The molecule has 1 rings (SSSR count). The first-order chi connectivity index (χ1) is 7.45. The second kappa shape index (κ2) is 4.97. The first-order valence-corrected chi connectivity index (χ1v) is 4.54. The molecule has 86 valence electrons. The van der Waals surface area contributed by atoms with Crippen LogP contribution in [0.3, 0.4) is 0 Å². The number of nitrogens with two attached hydrogens (primary N) is 1. The van der Waals surface area contributed by atoms with Crippen molar-refractivity contribution in [2.45, 2.75) is 0 Å². The maximum absolute atomic E-state index is 11.7. The molecule has 0 aliphatic heterocycles. The Bertz CT molecular complexity index is 397. The molecule has 4 N–H and O–H groups in total. The van der Waals surface area contributed by atoms with Gasteiger partial charge in [-0.3, -0.25) is 9.63 Å². The monoisotopic (exact) mass is 224 g/mol. The van der Waals surface area contributed by atoms with Gasteiger partial charge >= 0.3 is 7.12 Å². The minimum absolute atomic E-state index is 0.160. The molecule has 0 bridgehead atoms. The van der Waals surface area contributed by atoms with Gasteiger partial charge in [-0.25, -0.2) is 5.06 Å². The van der Waals surface area contributed by atoms with E-state index in [1.54, 1.807) is 0 Å². The van der Waals surface area contributed by atoms with Crippen LogP contribution in [0.4, 0.5) is 5.69 Å². The average Bonchev–Trinajstić information content (AvgIpc) is 2.26. The quantitative estimate of drug-likeness (QED) is 0.332. The van der Waals surface area contributed by atoms with Gasteiger partial charge in [0.25, 0.3) is 5.91 Å². The van der Waals surface area contributed by atoms with Crippen molar-refractivity contribution < 1.29 is 19.7 Å². The molecule has 0 aliphatic carbocycles. The van der Waals surface area contributed by atoms with E-state index in [9.17, 15) is 4.79 Å². The Kier molecular flexibility index (Phi) is 3.89. The molecule has 0 saturated carbocycles. The fourth-order valence-corrected chi connectivity index (χ4v) is 1.21. The lowest BCUT2D eigenvalue weighted by Gasteiger charge is -2.14. The van der Waals surface area contributed by atoms with Crippen LogP contribution in [0.1, 0.15) is 10.4 Å². The van der Waals surface area contributed by atoms with Crippen LogP contribution in [-0.2, 0) is 4.84 Å². The van der Waals surface area contributed by atoms with Crippen molar-refractivity contribution in [3.8, 4) is 0 Å². The predicted molar refractivity (Wildman–Crippen MR) is 59.8 cm³/mol. The first-order valence-electron chi connectivity index (χ1n) is 4.54. The summed E-state index contributed by atoms with van der Waals surface area (Å²) in [4.78, 5) is 16.4. The molecule has 0 heterocycles. The van der Waals surface area contributed by atoms with Crippen molar-refractivity contribution in [1.29, 1.82) is 0 Å². The molecule has 1 amide bonds. The third kappa shape index (κ3) is 2.72. The molecular weight excluding hydrogens is 211 g/mol. The van der Waals surface area contributed by atoms with Gasteiger partial charge in [0, 0.05) is 18.3 Å². The van der Waals surface area contributed by atoms with Crippen LogP contribution >= 0.6 is 0 Å². The van der Waals surface area contributed by atoms with Gasteiger partial charge in [-0.2, -0.15) is 0 Å². The maximum Gasteiger partial charge on any atom is 0.488 e. The van der Waals surface area contributed by atoms with Crippen LogP contribution < -0.4 is 11.2 Å². The Hall–Kier alpha value is -1.57. The fourth-order valence-electron chi connectivity index (χ4n) is 1.21. The van der Waals surface area contributed by atoms with E-state index >= 15 is 0 Å². The molecule has 0 atom stereocenters. The Labute approximate surface area is 93.3 Å². The summed E-state index contributed by atoms with van der Waals surface area (Å²) in [5, 5.41) is 19.0. The standard InChI is InChI=1S/C9H13BN2O4/c1-12(16-2)9(13)6-3-7(10(14)15)5-8(11)4-6/h3-5,14-15H,11H2,1-2H3. The van der Waals surface area contributed by atoms with Gasteiger partial charge in [0.2, 0.25) is 0 Å². The van der Waals surface area contributed by atoms with E-state index in [4.69, 9.17) is 20.6 Å².